The van der Waals surface area contributed by atoms with E-state index in [-0.39, 0.29) is 39.7 Å². The predicted molar refractivity (Wildman–Crippen MR) is 309 cm³/mol. The number of anilines is 8. The second-order valence-corrected chi connectivity index (χ2v) is 26.2. The first-order chi connectivity index (χ1) is 34.2. The summed E-state index contributed by atoms with van der Waals surface area (Å²) in [6.07, 6.45) is 0. The van der Waals surface area contributed by atoms with Crippen LogP contribution in [-0.2, 0) is 21.7 Å². The first-order valence-corrected chi connectivity index (χ1v) is 26.9. The number of furan rings is 1. The maximum absolute atomic E-state index is 7.22. The Morgan fingerprint density at radius 2 is 1.07 bits per heavy atom. The van der Waals surface area contributed by atoms with Crippen LogP contribution < -0.4 is 31.1 Å². The minimum absolute atomic E-state index is 0.00407. The molecule has 0 bridgehead atoms. The number of thioether (sulfide) groups is 1. The van der Waals surface area contributed by atoms with Crippen molar-refractivity contribution in [3.05, 3.63) is 191 Å². The van der Waals surface area contributed by atoms with Gasteiger partial charge in [0.25, 0.3) is 6.71 Å². The molecule has 0 radical (unpaired) electrons. The number of benzene rings is 8. The first-order valence-electron chi connectivity index (χ1n) is 26.0. The van der Waals surface area contributed by atoms with Crippen LogP contribution in [0, 0.1) is 0 Å². The maximum Gasteiger partial charge on any atom is 0.252 e. The van der Waals surface area contributed by atoms with Crippen LogP contribution in [-0.4, -0.2) is 12.1 Å². The first kappa shape index (κ1) is 45.3. The standard InChI is InChI=1S/C66H64BN3OS/c1-63(2,3)39-23-28-43(29-24-39)68(44-30-25-40(26-31-44)64(4,5)6)45-32-34-50-53(38-45)69(52-21-16-18-47-46-33-27-41(65(7,8)9)37-56(46)71-61(47)52)54-35-42(66(10,11)12)36-55-59(54)67(50)51-20-15-19-49-58-48-17-13-14-22-57(48)72-62(58)70(55)60(49)51/h13-38,58,62H,1-12H3. The number of fused-ring (bicyclic) bond motifs is 12. The molecule has 4 aliphatic rings. The van der Waals surface area contributed by atoms with Gasteiger partial charge in [-0.3, -0.25) is 0 Å². The quantitative estimate of drug-likeness (QED) is 0.164. The topological polar surface area (TPSA) is 22.9 Å². The summed E-state index contributed by atoms with van der Waals surface area (Å²) >= 11 is 2.03. The Kier molecular flexibility index (Phi) is 9.71. The van der Waals surface area contributed by atoms with E-state index in [0.29, 0.717) is 0 Å². The van der Waals surface area contributed by atoms with Crippen LogP contribution >= 0.6 is 11.8 Å². The smallest absolute Gasteiger partial charge is 0.252 e. The van der Waals surface area contributed by atoms with Gasteiger partial charge >= 0.3 is 0 Å². The molecule has 358 valence electrons. The molecule has 5 heterocycles. The van der Waals surface area contributed by atoms with Gasteiger partial charge in [-0.15, -0.1) is 0 Å². The largest absolute Gasteiger partial charge is 0.454 e. The molecule has 0 amide bonds. The highest BCUT2D eigenvalue weighted by Gasteiger charge is 2.53. The third-order valence-electron chi connectivity index (χ3n) is 16.2. The summed E-state index contributed by atoms with van der Waals surface area (Å²) in [5.41, 5.74) is 23.3. The zero-order valence-electron chi connectivity index (χ0n) is 43.9. The normalized spacial score (nSPS) is 16.8. The Labute approximate surface area is 431 Å². The molecule has 9 aromatic rings. The molecule has 2 unspecified atom stereocenters. The molecule has 0 saturated heterocycles. The summed E-state index contributed by atoms with van der Waals surface area (Å²) in [6.45, 7) is 27.7. The molecule has 0 fully saturated rings. The average Bonchev–Trinajstić information content (AvgIpc) is 4.01. The van der Waals surface area contributed by atoms with Gasteiger partial charge < -0.3 is 19.1 Å². The summed E-state index contributed by atoms with van der Waals surface area (Å²) in [6, 6.07) is 60.8. The van der Waals surface area contributed by atoms with E-state index in [9.17, 15) is 0 Å². The van der Waals surface area contributed by atoms with Crippen molar-refractivity contribution in [2.75, 3.05) is 14.7 Å². The summed E-state index contributed by atoms with van der Waals surface area (Å²) < 4.78 is 7.22. The molecule has 1 aromatic heterocycles. The lowest BCUT2D eigenvalue weighted by Crippen LogP contribution is -2.62. The molecule has 0 N–H and O–H groups in total. The third kappa shape index (κ3) is 6.80. The molecule has 0 spiro atoms. The molecule has 6 heteroatoms. The molecule has 2 atom stereocenters. The van der Waals surface area contributed by atoms with Crippen molar-refractivity contribution in [1.82, 2.24) is 0 Å². The van der Waals surface area contributed by atoms with Gasteiger partial charge in [0.2, 0.25) is 0 Å². The summed E-state index contributed by atoms with van der Waals surface area (Å²) in [4.78, 5) is 9.18. The number of hydrogen-bond acceptors (Lipinski definition) is 5. The van der Waals surface area contributed by atoms with Crippen LogP contribution in [0.3, 0.4) is 0 Å². The Morgan fingerprint density at radius 1 is 0.472 bits per heavy atom. The van der Waals surface area contributed by atoms with Crippen LogP contribution in [0.15, 0.2) is 167 Å². The molecule has 13 rings (SSSR count). The van der Waals surface area contributed by atoms with Crippen LogP contribution in [0.1, 0.15) is 122 Å². The number of nitrogens with zero attached hydrogens (tertiary/aromatic N) is 3. The molecule has 4 nitrogen and oxygen atoms in total. The van der Waals surface area contributed by atoms with Crippen molar-refractivity contribution < 1.29 is 4.42 Å². The highest BCUT2D eigenvalue weighted by Crippen LogP contribution is 2.61. The molecule has 0 aliphatic carbocycles. The predicted octanol–water partition coefficient (Wildman–Crippen LogP) is 16.6. The van der Waals surface area contributed by atoms with Crippen molar-refractivity contribution in [3.8, 4) is 0 Å². The highest BCUT2D eigenvalue weighted by molar-refractivity contribution is 8.00. The maximum atomic E-state index is 7.22. The van der Waals surface area contributed by atoms with E-state index in [1.807, 2.05) is 11.8 Å². The van der Waals surface area contributed by atoms with E-state index in [0.717, 1.165) is 50.4 Å². The van der Waals surface area contributed by atoms with Gasteiger partial charge in [-0.1, -0.05) is 186 Å². The number of rotatable bonds is 4. The molecule has 72 heavy (non-hydrogen) atoms. The SMILES string of the molecule is CC(C)(C)c1ccc(N(c2ccc(C(C)(C)C)cc2)c2ccc3c(c2)N(c2cccc4c2oc2cc(C(C)(C)C)ccc24)c2cc(C(C)(C)C)cc4c2B3c2cccc3c2N4C2Sc4ccccc4C32)cc1. The van der Waals surface area contributed by atoms with Crippen molar-refractivity contribution in [3.63, 3.8) is 0 Å². The Morgan fingerprint density at radius 3 is 1.74 bits per heavy atom. The highest BCUT2D eigenvalue weighted by atomic mass is 32.2. The summed E-state index contributed by atoms with van der Waals surface area (Å²) in [7, 11) is 0. The van der Waals surface area contributed by atoms with Gasteiger partial charge in [-0.05, 0) is 138 Å². The van der Waals surface area contributed by atoms with E-state index < -0.39 is 0 Å². The zero-order valence-corrected chi connectivity index (χ0v) is 44.7. The third-order valence-corrected chi connectivity index (χ3v) is 17.6. The van der Waals surface area contributed by atoms with Gasteiger partial charge in [0, 0.05) is 61.4 Å². The molecule has 0 saturated carbocycles. The van der Waals surface area contributed by atoms with Gasteiger partial charge in [0.15, 0.2) is 5.58 Å². The van der Waals surface area contributed by atoms with Crippen LogP contribution in [0.25, 0.3) is 21.9 Å². The Hall–Kier alpha value is -6.63. The van der Waals surface area contributed by atoms with E-state index in [4.69, 9.17) is 4.42 Å². The zero-order chi connectivity index (χ0) is 50.0. The molecule has 8 aromatic carbocycles. The number of hydrogen-bond donors (Lipinski definition) is 0. The fourth-order valence-electron chi connectivity index (χ4n) is 12.3. The van der Waals surface area contributed by atoms with Gasteiger partial charge in [-0.2, -0.15) is 0 Å². The van der Waals surface area contributed by atoms with Crippen LogP contribution in [0.5, 0.6) is 0 Å². The fraction of sp³-hybridized carbons (Fsp3) is 0.273. The summed E-state index contributed by atoms with van der Waals surface area (Å²) in [5.74, 6) is 0.276. The van der Waals surface area contributed by atoms with Crippen molar-refractivity contribution >= 4 is 102 Å². The van der Waals surface area contributed by atoms with Crippen LogP contribution in [0.2, 0.25) is 0 Å². The van der Waals surface area contributed by atoms with Crippen molar-refractivity contribution in [2.24, 2.45) is 0 Å². The monoisotopic (exact) mass is 957 g/mol. The lowest BCUT2D eigenvalue weighted by molar-refractivity contribution is 0.587. The minimum atomic E-state index is -0.135. The van der Waals surface area contributed by atoms with Gasteiger partial charge in [0.05, 0.1) is 11.1 Å². The Balaban J connectivity index is 1.11. The van der Waals surface area contributed by atoms with E-state index in [2.05, 4.69) is 256 Å². The lowest BCUT2D eigenvalue weighted by Gasteiger charge is -2.45. The molecular formula is C66H64BN3OS. The van der Waals surface area contributed by atoms with Crippen molar-refractivity contribution in [2.45, 2.75) is 121 Å². The number of para-hydroxylation sites is 2. The minimum Gasteiger partial charge on any atom is -0.454 e. The fourth-order valence-corrected chi connectivity index (χ4v) is 13.8. The summed E-state index contributed by atoms with van der Waals surface area (Å²) in [5, 5.41) is 2.48. The Bertz CT molecular complexity index is 3630. The van der Waals surface area contributed by atoms with Gasteiger partial charge in [-0.25, -0.2) is 0 Å². The van der Waals surface area contributed by atoms with Gasteiger partial charge in [0.1, 0.15) is 5.58 Å². The second kappa shape index (κ2) is 15.4. The molecular weight excluding hydrogens is 894 g/mol. The van der Waals surface area contributed by atoms with Crippen LogP contribution in [0.4, 0.5) is 45.5 Å². The molecule has 4 aliphatic heterocycles. The second-order valence-electron chi connectivity index (χ2n) is 25.0. The lowest BCUT2D eigenvalue weighted by atomic mass is 9.33. The van der Waals surface area contributed by atoms with E-state index in [1.54, 1.807) is 0 Å². The van der Waals surface area contributed by atoms with E-state index in [1.165, 1.54) is 71.7 Å². The van der Waals surface area contributed by atoms with E-state index >= 15 is 0 Å². The van der Waals surface area contributed by atoms with Crippen molar-refractivity contribution in [1.29, 1.82) is 0 Å². The average molecular weight is 958 g/mol.